The fourth-order valence-electron chi connectivity index (χ4n) is 1.14. The highest BCUT2D eigenvalue weighted by atomic mass is 16.2. The molecule has 70 valence electrons. The number of rotatable bonds is 1. The number of hydrogen-bond acceptors (Lipinski definition) is 3. The van der Waals surface area contributed by atoms with Gasteiger partial charge in [0.2, 0.25) is 0 Å². The van der Waals surface area contributed by atoms with Crippen molar-refractivity contribution in [3.05, 3.63) is 24.3 Å². The van der Waals surface area contributed by atoms with E-state index < -0.39 is 12.1 Å². The fourth-order valence-corrected chi connectivity index (χ4v) is 1.14. The van der Waals surface area contributed by atoms with Crippen molar-refractivity contribution in [1.82, 2.24) is 0 Å². The van der Waals surface area contributed by atoms with Crippen LogP contribution in [0.15, 0.2) is 34.5 Å². The van der Waals surface area contributed by atoms with E-state index in [-0.39, 0.29) is 0 Å². The molecule has 1 aliphatic heterocycles. The van der Waals surface area contributed by atoms with Crippen LogP contribution in [0.1, 0.15) is 0 Å². The number of amides is 4. The van der Waals surface area contributed by atoms with Crippen molar-refractivity contribution < 1.29 is 9.59 Å². The van der Waals surface area contributed by atoms with Crippen molar-refractivity contribution in [2.24, 2.45) is 10.2 Å². The molecule has 6 nitrogen and oxygen atoms in total. The lowest BCUT2D eigenvalue weighted by Gasteiger charge is -2.10. The number of imide groups is 1. The Morgan fingerprint density at radius 1 is 1.14 bits per heavy atom. The summed E-state index contributed by atoms with van der Waals surface area (Å²) in [4.78, 5) is 23.1. The summed E-state index contributed by atoms with van der Waals surface area (Å²) < 4.78 is 0. The summed E-state index contributed by atoms with van der Waals surface area (Å²) in [5, 5.41) is 6.25. The van der Waals surface area contributed by atoms with Gasteiger partial charge in [0.15, 0.2) is 0 Å². The lowest BCUT2D eigenvalue weighted by Crippen LogP contribution is -2.27. The SMILES string of the molecule is Nc1cccc(N2C(=O)N=NC2=O)c1. The smallest absolute Gasteiger partial charge is 0.375 e. The molecule has 0 saturated heterocycles. The fraction of sp³-hybridized carbons (Fsp3) is 0. The topological polar surface area (TPSA) is 88.1 Å². The van der Waals surface area contributed by atoms with Crippen molar-refractivity contribution in [3.8, 4) is 0 Å². The lowest BCUT2D eigenvalue weighted by molar-refractivity contribution is 0.249. The van der Waals surface area contributed by atoms with Crippen molar-refractivity contribution >= 4 is 23.4 Å². The van der Waals surface area contributed by atoms with Crippen molar-refractivity contribution in [2.45, 2.75) is 0 Å². The van der Waals surface area contributed by atoms with Gasteiger partial charge in [0, 0.05) is 5.69 Å². The molecule has 0 aromatic heterocycles. The number of benzene rings is 1. The highest BCUT2D eigenvalue weighted by Gasteiger charge is 2.28. The molecule has 0 bridgehead atoms. The molecule has 0 radical (unpaired) electrons. The van der Waals surface area contributed by atoms with Gasteiger partial charge < -0.3 is 5.73 Å². The van der Waals surface area contributed by atoms with E-state index in [9.17, 15) is 9.59 Å². The molecular formula is C8H6N4O2. The second kappa shape index (κ2) is 2.91. The van der Waals surface area contributed by atoms with Gasteiger partial charge in [-0.3, -0.25) is 0 Å². The van der Waals surface area contributed by atoms with Gasteiger partial charge in [-0.05, 0) is 18.2 Å². The molecule has 1 aliphatic rings. The van der Waals surface area contributed by atoms with Crippen LogP contribution in [-0.2, 0) is 0 Å². The van der Waals surface area contributed by atoms with Gasteiger partial charge in [0.05, 0.1) is 5.69 Å². The molecule has 0 saturated carbocycles. The Hall–Kier alpha value is -2.24. The highest BCUT2D eigenvalue weighted by Crippen LogP contribution is 2.22. The Kier molecular flexibility index (Phi) is 1.74. The second-order valence-corrected chi connectivity index (χ2v) is 2.70. The summed E-state index contributed by atoms with van der Waals surface area (Å²) in [6.07, 6.45) is 0. The van der Waals surface area contributed by atoms with E-state index in [1.54, 1.807) is 18.2 Å². The average Bonchev–Trinajstić information content (AvgIpc) is 2.46. The Morgan fingerprint density at radius 2 is 1.79 bits per heavy atom. The molecule has 6 heteroatoms. The van der Waals surface area contributed by atoms with E-state index >= 15 is 0 Å². The largest absolute Gasteiger partial charge is 0.399 e. The monoisotopic (exact) mass is 190 g/mol. The van der Waals surface area contributed by atoms with E-state index in [1.165, 1.54) is 6.07 Å². The number of nitrogens with zero attached hydrogens (tertiary/aromatic N) is 3. The van der Waals surface area contributed by atoms with Crippen LogP contribution in [0, 0.1) is 0 Å². The standard InChI is InChI=1S/C8H6N4O2/c9-5-2-1-3-6(4-5)12-7(13)10-11-8(12)14/h1-4H,9H2. The summed E-state index contributed by atoms with van der Waals surface area (Å²) in [5.41, 5.74) is 6.35. The molecule has 0 unspecified atom stereocenters. The maximum Gasteiger partial charge on any atom is 0.375 e. The molecule has 2 N–H and O–H groups in total. The molecule has 1 heterocycles. The number of anilines is 2. The second-order valence-electron chi connectivity index (χ2n) is 2.70. The van der Waals surface area contributed by atoms with Crippen LogP contribution in [0.3, 0.4) is 0 Å². The first-order valence-corrected chi connectivity index (χ1v) is 3.84. The number of nitrogen functional groups attached to an aromatic ring is 1. The minimum absolute atomic E-state index is 0.380. The molecule has 2 rings (SSSR count). The van der Waals surface area contributed by atoms with Gasteiger partial charge in [-0.1, -0.05) is 16.3 Å². The summed E-state index contributed by atoms with van der Waals surface area (Å²) in [7, 11) is 0. The number of urea groups is 2. The quantitative estimate of drug-likeness (QED) is 0.684. The molecule has 0 aliphatic carbocycles. The Morgan fingerprint density at radius 3 is 2.36 bits per heavy atom. The Balaban J connectivity index is 2.41. The number of azo groups is 1. The molecule has 14 heavy (non-hydrogen) atoms. The van der Waals surface area contributed by atoms with Crippen molar-refractivity contribution in [3.63, 3.8) is 0 Å². The number of carbonyl (C=O) groups is 2. The first-order valence-electron chi connectivity index (χ1n) is 3.84. The summed E-state index contributed by atoms with van der Waals surface area (Å²) in [6.45, 7) is 0. The van der Waals surface area contributed by atoms with E-state index in [4.69, 9.17) is 5.73 Å². The van der Waals surface area contributed by atoms with Crippen LogP contribution in [0.2, 0.25) is 0 Å². The van der Waals surface area contributed by atoms with Gasteiger partial charge in [-0.15, -0.1) is 0 Å². The van der Waals surface area contributed by atoms with E-state index in [0.29, 0.717) is 11.4 Å². The van der Waals surface area contributed by atoms with Crippen molar-refractivity contribution in [1.29, 1.82) is 0 Å². The molecule has 1 aromatic rings. The molecule has 0 atom stereocenters. The van der Waals surface area contributed by atoms with Crippen LogP contribution in [0.5, 0.6) is 0 Å². The third kappa shape index (κ3) is 1.22. The number of nitrogens with two attached hydrogens (primary N) is 1. The lowest BCUT2D eigenvalue weighted by atomic mass is 10.2. The minimum atomic E-state index is -0.694. The molecule has 0 spiro atoms. The third-order valence-electron chi connectivity index (χ3n) is 1.73. The van der Waals surface area contributed by atoms with Crippen LogP contribution in [0.25, 0.3) is 0 Å². The molecule has 1 aromatic carbocycles. The zero-order valence-corrected chi connectivity index (χ0v) is 7.04. The molecule has 4 amide bonds. The molecule has 0 fully saturated rings. The van der Waals surface area contributed by atoms with Gasteiger partial charge in [-0.2, -0.15) is 0 Å². The van der Waals surface area contributed by atoms with E-state index in [2.05, 4.69) is 10.2 Å². The highest BCUT2D eigenvalue weighted by molar-refractivity contribution is 6.17. The zero-order valence-electron chi connectivity index (χ0n) is 7.04. The van der Waals surface area contributed by atoms with Gasteiger partial charge in [0.1, 0.15) is 0 Å². The minimum Gasteiger partial charge on any atom is -0.399 e. The zero-order chi connectivity index (χ0) is 10.1. The molecular weight excluding hydrogens is 184 g/mol. The Labute approximate surface area is 79.0 Å². The Bertz CT molecular complexity index is 423. The van der Waals surface area contributed by atoms with Gasteiger partial charge in [0.25, 0.3) is 0 Å². The van der Waals surface area contributed by atoms with Crippen molar-refractivity contribution in [2.75, 3.05) is 10.6 Å². The maximum atomic E-state index is 11.1. The first-order chi connectivity index (χ1) is 6.68. The third-order valence-corrected chi connectivity index (χ3v) is 1.73. The van der Waals surface area contributed by atoms with Crippen LogP contribution >= 0.6 is 0 Å². The van der Waals surface area contributed by atoms with E-state index in [1.807, 2.05) is 0 Å². The predicted molar refractivity (Wildman–Crippen MR) is 49.0 cm³/mol. The first kappa shape index (κ1) is 8.36. The summed E-state index contributed by atoms with van der Waals surface area (Å²) in [5.74, 6) is 0. The number of hydrogen-bond donors (Lipinski definition) is 1. The average molecular weight is 190 g/mol. The summed E-state index contributed by atoms with van der Waals surface area (Å²) in [6, 6.07) is 5.00. The van der Waals surface area contributed by atoms with Crippen LogP contribution < -0.4 is 10.6 Å². The summed E-state index contributed by atoms with van der Waals surface area (Å²) >= 11 is 0. The number of carbonyl (C=O) groups excluding carboxylic acids is 2. The van der Waals surface area contributed by atoms with E-state index in [0.717, 1.165) is 4.90 Å². The maximum absolute atomic E-state index is 11.1. The van der Waals surface area contributed by atoms with Gasteiger partial charge >= 0.3 is 12.1 Å². The normalized spacial score (nSPS) is 15.3. The van der Waals surface area contributed by atoms with Crippen LogP contribution in [-0.4, -0.2) is 12.1 Å². The predicted octanol–water partition coefficient (Wildman–Crippen LogP) is 1.78. The van der Waals surface area contributed by atoms with Crippen LogP contribution in [0.4, 0.5) is 21.0 Å². The van der Waals surface area contributed by atoms with Gasteiger partial charge in [-0.25, -0.2) is 14.5 Å².